The predicted octanol–water partition coefficient (Wildman–Crippen LogP) is 7.88. The second kappa shape index (κ2) is 19.3. The maximum Gasteiger partial charge on any atom is 0.331 e. The number of aliphatic hydroxyl groups is 6. The maximum atomic E-state index is 14.8. The highest BCUT2D eigenvalue weighted by Gasteiger charge is 2.85. The number of fused-ring (bicyclic) bond motifs is 7. The number of aldehydes is 1. The Hall–Kier alpha value is -2.62. The Labute approximate surface area is 412 Å². The number of unbranched alkanes of at least 4 members (excludes halogenated alkanes) is 7. The van der Waals surface area contributed by atoms with Crippen molar-refractivity contribution in [2.45, 2.75) is 216 Å². The second-order valence-electron chi connectivity index (χ2n) is 24.6. The fourth-order valence-corrected chi connectivity index (χ4v) is 19.0. The number of carbonyl (C=O) groups is 2. The van der Waals surface area contributed by atoms with Crippen LogP contribution in [0.4, 0.5) is 0 Å². The lowest BCUT2D eigenvalue weighted by atomic mass is 9.34. The van der Waals surface area contributed by atoms with Crippen LogP contribution in [0.2, 0.25) is 0 Å². The molecule has 10 rings (SSSR count). The summed E-state index contributed by atoms with van der Waals surface area (Å²) in [5, 5.41) is 83.4. The van der Waals surface area contributed by atoms with Gasteiger partial charge in [-0.05, 0) is 136 Å². The predicted molar refractivity (Wildman–Crippen MR) is 264 cm³/mol. The van der Waals surface area contributed by atoms with E-state index >= 15 is 0 Å². The Morgan fingerprint density at radius 1 is 0.899 bits per heavy atom. The van der Waals surface area contributed by atoms with Crippen LogP contribution < -0.4 is 5.32 Å². The molecule has 8 aliphatic carbocycles. The van der Waals surface area contributed by atoms with Gasteiger partial charge in [0.15, 0.2) is 0 Å². The summed E-state index contributed by atoms with van der Waals surface area (Å²) in [6.07, 6.45) is 18.9. The Kier molecular flexibility index (Phi) is 14.0. The van der Waals surface area contributed by atoms with Gasteiger partial charge in [-0.2, -0.15) is 0 Å². The quantitative estimate of drug-likeness (QED) is 0.0421. The molecular formula is C59H85NO9. The lowest BCUT2D eigenvalue weighted by molar-refractivity contribution is -0.379. The molecule has 1 aromatic rings. The van der Waals surface area contributed by atoms with Gasteiger partial charge in [0.1, 0.15) is 23.6 Å². The highest BCUT2D eigenvalue weighted by Crippen LogP contribution is 2.78. The summed E-state index contributed by atoms with van der Waals surface area (Å²) in [4.78, 5) is 28.4. The number of esters is 1. The normalized spacial score (nSPS) is 44.8. The maximum absolute atomic E-state index is 14.8. The van der Waals surface area contributed by atoms with Crippen LogP contribution in [-0.2, 0) is 27.4 Å². The van der Waals surface area contributed by atoms with Gasteiger partial charge in [0.05, 0.1) is 29.8 Å². The molecule has 0 aromatic heterocycles. The highest BCUT2D eigenvalue weighted by molar-refractivity contribution is 5.86. The van der Waals surface area contributed by atoms with Gasteiger partial charge in [-0.1, -0.05) is 115 Å². The van der Waals surface area contributed by atoms with Gasteiger partial charge in [0, 0.05) is 53.2 Å². The second-order valence-corrected chi connectivity index (χ2v) is 24.6. The van der Waals surface area contributed by atoms with Gasteiger partial charge < -0.3 is 45.5 Å². The van der Waals surface area contributed by atoms with Crippen LogP contribution in [0.3, 0.4) is 0 Å². The SMILES string of the molecule is CCCCCCCCCC[C@H]1C[C@]2(C=O)[C@H]3CC[C@@]45CCC#Cc6cccc(CO)c6C[C@@H](NC)[C@H]6C[C@@H](C[C@]4(O)[C@]3(O)[C@H](O)[C@H]3C[C@H]([C@@H](C)C4CCCC4)CC[C@@H]([C@H]1O)[C@@]32O)[C@@H]5C1=CC(=O)O[C@@H]16. The first-order valence-corrected chi connectivity index (χ1v) is 28.1. The Morgan fingerprint density at radius 2 is 1.65 bits per heavy atom. The zero-order valence-corrected chi connectivity index (χ0v) is 42.1. The molecule has 69 heavy (non-hydrogen) atoms. The average Bonchev–Trinajstić information content (AvgIpc) is 4.06. The monoisotopic (exact) mass is 952 g/mol. The van der Waals surface area contributed by atoms with Gasteiger partial charge in [-0.3, -0.25) is 0 Å². The average molecular weight is 952 g/mol. The van der Waals surface area contributed by atoms with Gasteiger partial charge >= 0.3 is 5.97 Å². The molecule has 7 N–H and O–H groups in total. The molecule has 1 heterocycles. The van der Waals surface area contributed by atoms with Gasteiger partial charge in [-0.25, -0.2) is 4.79 Å². The molecule has 1 aromatic carbocycles. The molecule has 4 bridgehead atoms. The summed E-state index contributed by atoms with van der Waals surface area (Å²) in [6.45, 7) is 4.43. The minimum Gasteiger partial charge on any atom is -0.454 e. The number of rotatable bonds is 14. The molecule has 1 aliphatic heterocycles. The fraction of sp³-hybridized carbons (Fsp3) is 0.797. The molecule has 10 heteroatoms. The van der Waals surface area contributed by atoms with E-state index in [1.54, 1.807) is 6.08 Å². The smallest absolute Gasteiger partial charge is 0.331 e. The van der Waals surface area contributed by atoms with Crippen molar-refractivity contribution in [3.8, 4) is 11.8 Å². The number of benzene rings is 1. The van der Waals surface area contributed by atoms with Crippen LogP contribution in [-0.4, -0.2) is 91.1 Å². The number of hydrogen-bond acceptors (Lipinski definition) is 10. The molecule has 18 atom stereocenters. The van der Waals surface area contributed by atoms with Crippen LogP contribution in [0.1, 0.15) is 178 Å². The fourth-order valence-electron chi connectivity index (χ4n) is 19.0. The Balaban J connectivity index is 1.09. The van der Waals surface area contributed by atoms with E-state index in [1.807, 2.05) is 25.2 Å². The number of ether oxygens (including phenoxy) is 1. The number of carbonyl (C=O) groups excluding carboxylic acids is 2. The van der Waals surface area contributed by atoms with E-state index in [4.69, 9.17) is 4.74 Å². The standard InChI is InChI=1S/C59H85NO9/c1-4-5-6-7-8-9-10-11-20-40-32-56(35-62)49-25-27-55-26-15-14-19-38-21-16-22-41(34-61)43(38)30-48(60-3)44-28-42(51(55)45-31-50(63)69-53(44)45)33-57(55,66)59(49,68)54(65)47-29-39(36(2)37-17-12-13-18-37)23-24-46(52(40)64)58(47,56)67/h16,21-22,31,35-37,39-40,42,44,46-49,51-54,60-61,64-68H,4-13,15,17-18,20,23-30,32-34H2,1-3H3/t36-,39+,40-,42-,44+,46-,47+,48+,49+,51+,52-,53+,54+,55+,56-,57+,58+,59+/m0/s1. The summed E-state index contributed by atoms with van der Waals surface area (Å²) in [5.41, 5.74) is -5.04. The van der Waals surface area contributed by atoms with Crippen molar-refractivity contribution in [3.05, 3.63) is 46.5 Å². The first-order chi connectivity index (χ1) is 33.3. The Bertz CT molecular complexity index is 2160. The first kappa shape index (κ1) is 49.9. The molecule has 7 fully saturated rings. The molecule has 0 amide bonds. The molecule has 0 saturated heterocycles. The number of likely N-dealkylation sites (N-methyl/N-ethyl adjacent to an activating group) is 1. The third-order valence-electron chi connectivity index (χ3n) is 22.1. The molecule has 0 radical (unpaired) electrons. The van der Waals surface area contributed by atoms with Crippen molar-refractivity contribution in [3.63, 3.8) is 0 Å². The lowest BCUT2D eigenvalue weighted by Gasteiger charge is -2.73. The van der Waals surface area contributed by atoms with Crippen molar-refractivity contribution < 1.29 is 45.0 Å². The van der Waals surface area contributed by atoms with Crippen molar-refractivity contribution in [2.24, 2.45) is 70.0 Å². The van der Waals surface area contributed by atoms with E-state index in [9.17, 15) is 40.2 Å². The van der Waals surface area contributed by atoms with E-state index in [1.165, 1.54) is 44.9 Å². The first-order valence-electron chi connectivity index (χ1n) is 28.1. The molecule has 380 valence electrons. The van der Waals surface area contributed by atoms with E-state index in [0.29, 0.717) is 56.8 Å². The highest BCUT2D eigenvalue weighted by atomic mass is 16.5. The van der Waals surface area contributed by atoms with Gasteiger partial charge in [0.25, 0.3) is 0 Å². The number of nitrogens with one attached hydrogen (secondary N) is 1. The van der Waals surface area contributed by atoms with Crippen LogP contribution in [0, 0.1) is 81.8 Å². The van der Waals surface area contributed by atoms with Gasteiger partial charge in [-0.15, -0.1) is 0 Å². The van der Waals surface area contributed by atoms with Gasteiger partial charge in [0.2, 0.25) is 0 Å². The van der Waals surface area contributed by atoms with Crippen molar-refractivity contribution in [1.29, 1.82) is 0 Å². The number of aliphatic hydroxyl groups excluding tert-OH is 3. The lowest BCUT2D eigenvalue weighted by Crippen LogP contribution is -2.85. The van der Waals surface area contributed by atoms with Crippen LogP contribution in [0.15, 0.2) is 29.8 Å². The minimum atomic E-state index is -2.20. The molecule has 7 saturated carbocycles. The van der Waals surface area contributed by atoms with Crippen LogP contribution in [0.25, 0.3) is 0 Å². The number of hydrogen-bond donors (Lipinski definition) is 7. The molecule has 10 nitrogen and oxygen atoms in total. The molecule has 1 spiro atoms. The van der Waals surface area contributed by atoms with Crippen molar-refractivity contribution in [2.75, 3.05) is 7.05 Å². The molecule has 9 aliphatic rings. The van der Waals surface area contributed by atoms with E-state index in [0.717, 1.165) is 73.5 Å². The van der Waals surface area contributed by atoms with E-state index in [-0.39, 0.29) is 61.5 Å². The summed E-state index contributed by atoms with van der Waals surface area (Å²) in [6, 6.07) is 5.66. The molecule has 0 unspecified atom stereocenters. The third-order valence-corrected chi connectivity index (χ3v) is 22.1. The van der Waals surface area contributed by atoms with Crippen molar-refractivity contribution in [1.82, 2.24) is 5.32 Å². The topological polar surface area (TPSA) is 177 Å². The van der Waals surface area contributed by atoms with Crippen LogP contribution >= 0.6 is 0 Å². The van der Waals surface area contributed by atoms with E-state index < -0.39 is 69.7 Å². The third kappa shape index (κ3) is 7.48. The summed E-state index contributed by atoms with van der Waals surface area (Å²) in [7, 11) is 1.92. The summed E-state index contributed by atoms with van der Waals surface area (Å²) in [5.74, 6) is 3.82. The zero-order chi connectivity index (χ0) is 48.5. The van der Waals surface area contributed by atoms with Crippen LogP contribution in [0.5, 0.6) is 0 Å². The minimum absolute atomic E-state index is 0.0984. The van der Waals surface area contributed by atoms with E-state index in [2.05, 4.69) is 31.0 Å². The largest absolute Gasteiger partial charge is 0.454 e. The zero-order valence-electron chi connectivity index (χ0n) is 42.1. The van der Waals surface area contributed by atoms with Crippen molar-refractivity contribution >= 4 is 12.3 Å². The summed E-state index contributed by atoms with van der Waals surface area (Å²) < 4.78 is 6.30. The summed E-state index contributed by atoms with van der Waals surface area (Å²) >= 11 is 0. The Morgan fingerprint density at radius 3 is 2.38 bits per heavy atom. The molecular weight excluding hydrogens is 867 g/mol.